The van der Waals surface area contributed by atoms with Gasteiger partial charge in [0, 0.05) is 19.2 Å². The molecule has 1 unspecified atom stereocenters. The van der Waals surface area contributed by atoms with Crippen LogP contribution in [0, 0.1) is 34.7 Å². The first-order valence-electron chi connectivity index (χ1n) is 7.90. The number of hydrogen-bond donors (Lipinski definition) is 0. The molecule has 0 aliphatic carbocycles. The number of carbonyl (C=O) groups is 1. The Kier molecular flexibility index (Phi) is 4.75. The lowest BCUT2D eigenvalue weighted by Gasteiger charge is -2.17. The fraction of sp³-hybridized carbons (Fsp3) is 0.263. The van der Waals surface area contributed by atoms with Gasteiger partial charge in [0.2, 0.25) is 0 Å². The molecular weight excluding hydrogens is 329 g/mol. The van der Waals surface area contributed by atoms with Crippen molar-refractivity contribution >= 4 is 5.91 Å². The highest BCUT2D eigenvalue weighted by Crippen LogP contribution is 2.24. The maximum absolute atomic E-state index is 14.0. The lowest BCUT2D eigenvalue weighted by Crippen LogP contribution is -2.29. The first-order valence-corrected chi connectivity index (χ1v) is 7.90. The number of likely N-dealkylation sites (tertiary alicyclic amines) is 1. The average Bonchev–Trinajstić information content (AvgIpc) is 3.01. The molecule has 0 spiro atoms. The molecule has 0 aromatic heterocycles. The number of rotatable bonds is 3. The van der Waals surface area contributed by atoms with Crippen molar-refractivity contribution in [3.05, 3.63) is 70.5 Å². The number of carbonyl (C=O) groups excluding carboxylic acids is 1. The van der Waals surface area contributed by atoms with Crippen LogP contribution in [0.15, 0.2) is 36.4 Å². The summed E-state index contributed by atoms with van der Waals surface area (Å²) in [5, 5.41) is 8.75. The van der Waals surface area contributed by atoms with Gasteiger partial charge in [-0.25, -0.2) is 13.2 Å². The van der Waals surface area contributed by atoms with Crippen LogP contribution in [0.2, 0.25) is 0 Å². The number of hydrogen-bond acceptors (Lipinski definition) is 2. The molecule has 128 valence electrons. The molecule has 1 atom stereocenters. The van der Waals surface area contributed by atoms with Crippen LogP contribution >= 0.6 is 0 Å². The summed E-state index contributed by atoms with van der Waals surface area (Å²) in [6.07, 6.45) is 1.14. The monoisotopic (exact) mass is 344 g/mol. The van der Waals surface area contributed by atoms with Crippen LogP contribution in [0.25, 0.3) is 0 Å². The molecule has 6 heteroatoms. The molecule has 1 amide bonds. The molecule has 3 nitrogen and oxygen atoms in total. The fourth-order valence-corrected chi connectivity index (χ4v) is 3.17. The topological polar surface area (TPSA) is 44.1 Å². The molecule has 1 fully saturated rings. The smallest absolute Gasteiger partial charge is 0.256 e. The van der Waals surface area contributed by atoms with Crippen molar-refractivity contribution in [2.45, 2.75) is 12.8 Å². The number of amides is 1. The number of halogens is 3. The summed E-state index contributed by atoms with van der Waals surface area (Å²) in [4.78, 5) is 14.0. The zero-order valence-electron chi connectivity index (χ0n) is 13.3. The summed E-state index contributed by atoms with van der Waals surface area (Å²) < 4.78 is 40.5. The van der Waals surface area contributed by atoms with Crippen LogP contribution in [0.1, 0.15) is 27.9 Å². The molecule has 3 rings (SSSR count). The van der Waals surface area contributed by atoms with Gasteiger partial charge in [-0.1, -0.05) is 0 Å². The second-order valence-electron chi connectivity index (χ2n) is 6.19. The minimum atomic E-state index is -0.722. The van der Waals surface area contributed by atoms with Crippen molar-refractivity contribution < 1.29 is 18.0 Å². The van der Waals surface area contributed by atoms with Crippen molar-refractivity contribution in [2.24, 2.45) is 5.92 Å². The van der Waals surface area contributed by atoms with Gasteiger partial charge in [0.05, 0.1) is 17.2 Å². The van der Waals surface area contributed by atoms with Gasteiger partial charge in [-0.2, -0.15) is 5.26 Å². The Morgan fingerprint density at radius 3 is 2.52 bits per heavy atom. The summed E-state index contributed by atoms with van der Waals surface area (Å²) in [6.45, 7) is 0.858. The molecule has 1 aliphatic rings. The van der Waals surface area contributed by atoms with Crippen LogP contribution in [0.3, 0.4) is 0 Å². The van der Waals surface area contributed by atoms with E-state index >= 15 is 0 Å². The Morgan fingerprint density at radius 1 is 1.16 bits per heavy atom. The van der Waals surface area contributed by atoms with Crippen LogP contribution in [0.4, 0.5) is 13.2 Å². The molecule has 0 N–H and O–H groups in total. The van der Waals surface area contributed by atoms with Crippen LogP contribution in [-0.4, -0.2) is 23.9 Å². The highest BCUT2D eigenvalue weighted by molar-refractivity contribution is 5.94. The predicted molar refractivity (Wildman–Crippen MR) is 85.2 cm³/mol. The predicted octanol–water partition coefficient (Wildman–Crippen LogP) is 3.68. The van der Waals surface area contributed by atoms with E-state index in [0.717, 1.165) is 12.1 Å². The molecular formula is C19H15F3N2O. The third-order valence-electron chi connectivity index (χ3n) is 4.35. The summed E-state index contributed by atoms with van der Waals surface area (Å²) in [5.74, 6) is -2.35. The molecule has 1 aliphatic heterocycles. The third-order valence-corrected chi connectivity index (χ3v) is 4.35. The minimum absolute atomic E-state index is 0.0617. The lowest BCUT2D eigenvalue weighted by atomic mass is 9.98. The average molecular weight is 344 g/mol. The maximum atomic E-state index is 14.0. The number of nitriles is 1. The first-order chi connectivity index (χ1) is 12.0. The number of benzene rings is 2. The number of nitrogens with zero attached hydrogens (tertiary/aromatic N) is 2. The minimum Gasteiger partial charge on any atom is -0.338 e. The SMILES string of the molecule is N#Cc1ccc(C(=O)N2CCC(Cc3cc(F)cc(F)c3)C2)c(F)c1. The Balaban J connectivity index is 1.68. The molecule has 0 saturated carbocycles. The summed E-state index contributed by atoms with van der Waals surface area (Å²) in [5.41, 5.74) is 0.624. The third kappa shape index (κ3) is 3.82. The molecule has 2 aromatic rings. The molecule has 25 heavy (non-hydrogen) atoms. The van der Waals surface area contributed by atoms with Gasteiger partial charge in [0.15, 0.2) is 0 Å². The van der Waals surface area contributed by atoms with E-state index in [-0.39, 0.29) is 17.0 Å². The zero-order valence-corrected chi connectivity index (χ0v) is 13.3. The van der Waals surface area contributed by atoms with E-state index in [1.54, 1.807) is 0 Å². The molecule has 1 saturated heterocycles. The van der Waals surface area contributed by atoms with E-state index in [1.165, 1.54) is 29.2 Å². The van der Waals surface area contributed by atoms with Gasteiger partial charge in [-0.05, 0) is 54.7 Å². The normalized spacial score (nSPS) is 16.7. The second-order valence-corrected chi connectivity index (χ2v) is 6.19. The van der Waals surface area contributed by atoms with Gasteiger partial charge in [0.1, 0.15) is 17.5 Å². The van der Waals surface area contributed by atoms with E-state index in [4.69, 9.17) is 5.26 Å². The molecule has 1 heterocycles. The standard InChI is InChI=1S/C19H15F3N2O/c20-15-6-14(7-16(21)9-15)5-13-3-4-24(11-13)19(25)17-2-1-12(10-23)8-18(17)22/h1-2,6-9,13H,3-5,11H2. The van der Waals surface area contributed by atoms with Crippen molar-refractivity contribution in [3.63, 3.8) is 0 Å². The van der Waals surface area contributed by atoms with E-state index in [1.807, 2.05) is 6.07 Å². The van der Waals surface area contributed by atoms with Gasteiger partial charge >= 0.3 is 0 Å². The van der Waals surface area contributed by atoms with Gasteiger partial charge in [0.25, 0.3) is 5.91 Å². The van der Waals surface area contributed by atoms with Gasteiger partial charge in [-0.3, -0.25) is 4.79 Å². The van der Waals surface area contributed by atoms with Crippen LogP contribution in [0.5, 0.6) is 0 Å². The van der Waals surface area contributed by atoms with E-state index in [2.05, 4.69) is 0 Å². The quantitative estimate of drug-likeness (QED) is 0.852. The second kappa shape index (κ2) is 6.98. The highest BCUT2D eigenvalue weighted by atomic mass is 19.1. The van der Waals surface area contributed by atoms with Crippen molar-refractivity contribution in [3.8, 4) is 6.07 Å². The Morgan fingerprint density at radius 2 is 1.88 bits per heavy atom. The lowest BCUT2D eigenvalue weighted by molar-refractivity contribution is 0.0782. The van der Waals surface area contributed by atoms with Crippen molar-refractivity contribution in [2.75, 3.05) is 13.1 Å². The van der Waals surface area contributed by atoms with Crippen molar-refractivity contribution in [1.82, 2.24) is 4.90 Å². The van der Waals surface area contributed by atoms with Gasteiger partial charge in [-0.15, -0.1) is 0 Å². The largest absolute Gasteiger partial charge is 0.338 e. The molecule has 0 radical (unpaired) electrons. The summed E-state index contributed by atoms with van der Waals surface area (Å²) in [6, 6.07) is 8.96. The molecule has 0 bridgehead atoms. The maximum Gasteiger partial charge on any atom is 0.256 e. The highest BCUT2D eigenvalue weighted by Gasteiger charge is 2.28. The van der Waals surface area contributed by atoms with E-state index in [0.29, 0.717) is 31.5 Å². The van der Waals surface area contributed by atoms with Crippen LogP contribution in [-0.2, 0) is 6.42 Å². The zero-order chi connectivity index (χ0) is 18.0. The van der Waals surface area contributed by atoms with Crippen LogP contribution < -0.4 is 0 Å². The Bertz CT molecular complexity index is 840. The first kappa shape index (κ1) is 17.0. The fourth-order valence-electron chi connectivity index (χ4n) is 3.17. The molecule has 2 aromatic carbocycles. The Labute approximate surface area is 143 Å². The van der Waals surface area contributed by atoms with E-state index < -0.39 is 23.4 Å². The summed E-state index contributed by atoms with van der Waals surface area (Å²) >= 11 is 0. The van der Waals surface area contributed by atoms with E-state index in [9.17, 15) is 18.0 Å². The summed E-state index contributed by atoms with van der Waals surface area (Å²) in [7, 11) is 0. The Hall–Kier alpha value is -2.81. The van der Waals surface area contributed by atoms with Gasteiger partial charge < -0.3 is 4.90 Å². The van der Waals surface area contributed by atoms with Crippen molar-refractivity contribution in [1.29, 1.82) is 5.26 Å².